The zero-order chi connectivity index (χ0) is 18.9. The summed E-state index contributed by atoms with van der Waals surface area (Å²) in [5.74, 6) is 0.670. The average Bonchev–Trinajstić information content (AvgIpc) is 2.96. The zero-order valence-corrected chi connectivity index (χ0v) is 15.7. The van der Waals surface area contributed by atoms with Crippen molar-refractivity contribution in [1.29, 1.82) is 0 Å². The first kappa shape index (κ1) is 18.2. The first-order valence-electron chi connectivity index (χ1n) is 8.78. The van der Waals surface area contributed by atoms with Crippen LogP contribution in [0.25, 0.3) is 5.69 Å². The number of aromatic nitrogens is 2. The van der Waals surface area contributed by atoms with Crippen LogP contribution in [-0.4, -0.2) is 52.6 Å². The molecule has 1 aliphatic rings. The second kappa shape index (κ2) is 6.97. The smallest absolute Gasteiger partial charge is 0.410 e. The van der Waals surface area contributed by atoms with Gasteiger partial charge in [0.15, 0.2) is 0 Å². The molecule has 1 fully saturated rings. The Balaban J connectivity index is 1.72. The Morgan fingerprint density at radius 3 is 2.31 bits per heavy atom. The summed E-state index contributed by atoms with van der Waals surface area (Å²) in [5.41, 5.74) is 1.20. The van der Waals surface area contributed by atoms with Crippen LogP contribution in [0.1, 0.15) is 26.5 Å². The lowest BCUT2D eigenvalue weighted by Crippen LogP contribution is -2.50. The molecule has 0 bridgehead atoms. The predicted molar refractivity (Wildman–Crippen MR) is 98.3 cm³/mol. The van der Waals surface area contributed by atoms with Crippen LogP contribution >= 0.6 is 0 Å². The summed E-state index contributed by atoms with van der Waals surface area (Å²) in [6.07, 6.45) is -0.277. The van der Waals surface area contributed by atoms with Gasteiger partial charge in [-0.1, -0.05) is 0 Å². The molecule has 1 saturated heterocycles. The minimum Gasteiger partial charge on any atom is -0.444 e. The highest BCUT2D eigenvalue weighted by atomic mass is 19.1. The molecule has 7 heteroatoms. The SMILES string of the molecule is Cc1cc(N2CCN(C(=O)OC(C)(C)C)CC2)n(-c2ccc(F)cc2)n1. The number of halogens is 1. The van der Waals surface area contributed by atoms with E-state index in [0.717, 1.165) is 17.2 Å². The van der Waals surface area contributed by atoms with Gasteiger partial charge in [-0.25, -0.2) is 13.9 Å². The number of rotatable bonds is 2. The summed E-state index contributed by atoms with van der Waals surface area (Å²) in [4.78, 5) is 16.1. The van der Waals surface area contributed by atoms with Gasteiger partial charge in [0.25, 0.3) is 0 Å². The van der Waals surface area contributed by atoms with Crippen molar-refractivity contribution in [2.45, 2.75) is 33.3 Å². The number of carbonyl (C=O) groups is 1. The van der Waals surface area contributed by atoms with Crippen molar-refractivity contribution in [3.63, 3.8) is 0 Å². The number of carbonyl (C=O) groups excluding carboxylic acids is 1. The van der Waals surface area contributed by atoms with Crippen LogP contribution in [0.4, 0.5) is 15.0 Å². The molecule has 0 radical (unpaired) electrons. The van der Waals surface area contributed by atoms with Crippen LogP contribution < -0.4 is 4.90 Å². The van der Waals surface area contributed by atoms with Gasteiger partial charge in [-0.05, 0) is 52.0 Å². The highest BCUT2D eigenvalue weighted by molar-refractivity contribution is 5.68. The fourth-order valence-corrected chi connectivity index (χ4v) is 2.93. The van der Waals surface area contributed by atoms with Crippen molar-refractivity contribution in [2.75, 3.05) is 31.1 Å². The van der Waals surface area contributed by atoms with Crippen LogP contribution in [0.3, 0.4) is 0 Å². The van der Waals surface area contributed by atoms with E-state index in [0.29, 0.717) is 26.2 Å². The molecule has 0 atom stereocenters. The van der Waals surface area contributed by atoms with E-state index >= 15 is 0 Å². The van der Waals surface area contributed by atoms with Gasteiger partial charge in [-0.2, -0.15) is 5.10 Å². The van der Waals surface area contributed by atoms with Gasteiger partial charge in [0.2, 0.25) is 0 Å². The van der Waals surface area contributed by atoms with Crippen molar-refractivity contribution in [3.8, 4) is 5.69 Å². The molecule has 6 nitrogen and oxygen atoms in total. The van der Waals surface area contributed by atoms with E-state index in [1.165, 1.54) is 12.1 Å². The van der Waals surface area contributed by atoms with Gasteiger partial charge in [-0.15, -0.1) is 0 Å². The summed E-state index contributed by atoms with van der Waals surface area (Å²) in [7, 11) is 0. The van der Waals surface area contributed by atoms with Crippen molar-refractivity contribution in [2.24, 2.45) is 0 Å². The van der Waals surface area contributed by atoms with Crippen LogP contribution in [0.15, 0.2) is 30.3 Å². The molecule has 0 N–H and O–H groups in total. The summed E-state index contributed by atoms with van der Waals surface area (Å²) in [6.45, 7) is 10.1. The third-order valence-electron chi connectivity index (χ3n) is 4.14. The topological polar surface area (TPSA) is 50.6 Å². The molecule has 2 heterocycles. The van der Waals surface area contributed by atoms with Crippen LogP contribution in [0.5, 0.6) is 0 Å². The lowest BCUT2D eigenvalue weighted by Gasteiger charge is -2.36. The van der Waals surface area contributed by atoms with Gasteiger partial charge < -0.3 is 14.5 Å². The largest absolute Gasteiger partial charge is 0.444 e. The predicted octanol–water partition coefficient (Wildman–Crippen LogP) is 3.38. The van der Waals surface area contributed by atoms with Crippen LogP contribution in [0.2, 0.25) is 0 Å². The van der Waals surface area contributed by atoms with E-state index < -0.39 is 5.60 Å². The number of amides is 1. The molecule has 1 aromatic carbocycles. The highest BCUT2D eigenvalue weighted by Gasteiger charge is 2.27. The first-order chi connectivity index (χ1) is 12.2. The molecule has 1 aromatic heterocycles. The summed E-state index contributed by atoms with van der Waals surface area (Å²) in [6, 6.07) is 8.28. The van der Waals surface area contributed by atoms with Crippen molar-refractivity contribution < 1.29 is 13.9 Å². The lowest BCUT2D eigenvalue weighted by atomic mass is 10.2. The maximum absolute atomic E-state index is 13.2. The molecule has 0 unspecified atom stereocenters. The van der Waals surface area contributed by atoms with Gasteiger partial charge in [0.05, 0.1) is 11.4 Å². The van der Waals surface area contributed by atoms with E-state index in [-0.39, 0.29) is 11.9 Å². The second-order valence-corrected chi connectivity index (χ2v) is 7.49. The molecule has 3 rings (SSSR count). The van der Waals surface area contributed by atoms with Crippen LogP contribution in [0, 0.1) is 12.7 Å². The molecule has 140 valence electrons. The van der Waals surface area contributed by atoms with E-state index in [1.54, 1.807) is 17.0 Å². The molecule has 26 heavy (non-hydrogen) atoms. The maximum Gasteiger partial charge on any atom is 0.410 e. The Morgan fingerprint density at radius 1 is 1.12 bits per heavy atom. The Hall–Kier alpha value is -2.57. The highest BCUT2D eigenvalue weighted by Crippen LogP contribution is 2.23. The molecule has 1 aliphatic heterocycles. The number of hydrogen-bond acceptors (Lipinski definition) is 4. The number of hydrogen-bond donors (Lipinski definition) is 0. The van der Waals surface area contributed by atoms with E-state index in [1.807, 2.05) is 38.4 Å². The Labute approximate surface area is 153 Å². The minimum atomic E-state index is -0.494. The number of anilines is 1. The van der Waals surface area contributed by atoms with E-state index in [9.17, 15) is 9.18 Å². The van der Waals surface area contributed by atoms with Crippen LogP contribution in [-0.2, 0) is 4.74 Å². The normalized spacial score (nSPS) is 15.3. The molecule has 2 aromatic rings. The Bertz CT molecular complexity index is 772. The second-order valence-electron chi connectivity index (χ2n) is 7.49. The van der Waals surface area contributed by atoms with Crippen molar-refractivity contribution in [3.05, 3.63) is 41.8 Å². The third-order valence-corrected chi connectivity index (χ3v) is 4.14. The number of nitrogens with zero attached hydrogens (tertiary/aromatic N) is 4. The lowest BCUT2D eigenvalue weighted by molar-refractivity contribution is 0.0240. The van der Waals surface area contributed by atoms with Crippen molar-refractivity contribution >= 4 is 11.9 Å². The van der Waals surface area contributed by atoms with E-state index in [4.69, 9.17) is 4.74 Å². The molecular formula is C19H25FN4O2. The standard InChI is InChI=1S/C19H25FN4O2/c1-14-13-17(24(21-14)16-7-5-15(20)6-8-16)22-9-11-23(12-10-22)18(25)26-19(2,3)4/h5-8,13H,9-12H2,1-4H3. The van der Waals surface area contributed by atoms with E-state index in [2.05, 4.69) is 10.00 Å². The van der Waals surface area contributed by atoms with Gasteiger partial charge in [-0.3, -0.25) is 0 Å². The van der Waals surface area contributed by atoms with Gasteiger partial charge in [0, 0.05) is 32.2 Å². The summed E-state index contributed by atoms with van der Waals surface area (Å²) >= 11 is 0. The number of ether oxygens (including phenoxy) is 1. The number of benzene rings is 1. The quantitative estimate of drug-likeness (QED) is 0.824. The summed E-state index contributed by atoms with van der Waals surface area (Å²) < 4.78 is 20.5. The first-order valence-corrected chi connectivity index (χ1v) is 8.78. The molecule has 0 saturated carbocycles. The fraction of sp³-hybridized carbons (Fsp3) is 0.474. The van der Waals surface area contributed by atoms with Crippen molar-refractivity contribution in [1.82, 2.24) is 14.7 Å². The van der Waals surface area contributed by atoms with Gasteiger partial charge in [0.1, 0.15) is 17.2 Å². The molecule has 0 spiro atoms. The third kappa shape index (κ3) is 4.15. The van der Waals surface area contributed by atoms with Gasteiger partial charge >= 0.3 is 6.09 Å². The number of piperazine rings is 1. The number of aryl methyl sites for hydroxylation is 1. The average molecular weight is 360 g/mol. The minimum absolute atomic E-state index is 0.273. The molecule has 1 amide bonds. The Morgan fingerprint density at radius 2 is 1.73 bits per heavy atom. The monoisotopic (exact) mass is 360 g/mol. The molecule has 0 aliphatic carbocycles. The molecular weight excluding hydrogens is 335 g/mol. The maximum atomic E-state index is 13.2. The summed E-state index contributed by atoms with van der Waals surface area (Å²) in [5, 5.41) is 4.54. The fourth-order valence-electron chi connectivity index (χ4n) is 2.93. The Kier molecular flexibility index (Phi) is 4.89. The zero-order valence-electron chi connectivity index (χ0n) is 15.7.